The number of rotatable bonds is 5. The number of methoxy groups -OCH3 is 1. The lowest BCUT2D eigenvalue weighted by atomic mass is 10.1. The predicted molar refractivity (Wildman–Crippen MR) is 81.5 cm³/mol. The van der Waals surface area contributed by atoms with Crippen molar-refractivity contribution in [1.29, 1.82) is 0 Å². The summed E-state index contributed by atoms with van der Waals surface area (Å²) in [5, 5.41) is 12.5. The molecule has 1 aliphatic heterocycles. The highest BCUT2D eigenvalue weighted by Crippen LogP contribution is 2.20. The maximum atomic E-state index is 13.0. The van der Waals surface area contributed by atoms with E-state index in [2.05, 4.69) is 5.32 Å². The van der Waals surface area contributed by atoms with E-state index in [1.165, 1.54) is 12.1 Å². The second kappa shape index (κ2) is 7.76. The molecule has 7 heteroatoms. The van der Waals surface area contributed by atoms with E-state index in [4.69, 9.17) is 16.3 Å². The first-order chi connectivity index (χ1) is 10.5. The Morgan fingerprint density at radius 3 is 3.00 bits per heavy atom. The normalized spacial score (nSPS) is 21.2. The van der Waals surface area contributed by atoms with E-state index in [1.54, 1.807) is 18.1 Å². The summed E-state index contributed by atoms with van der Waals surface area (Å²) in [7, 11) is 1.59. The van der Waals surface area contributed by atoms with E-state index in [1.807, 2.05) is 0 Å². The minimum Gasteiger partial charge on any atom is -0.394 e. The minimum absolute atomic E-state index is 0.0468. The highest BCUT2D eigenvalue weighted by atomic mass is 35.5. The van der Waals surface area contributed by atoms with Gasteiger partial charge in [0.2, 0.25) is 0 Å². The van der Waals surface area contributed by atoms with Crippen molar-refractivity contribution >= 4 is 17.6 Å². The number of benzene rings is 1. The predicted octanol–water partition coefficient (Wildman–Crippen LogP) is 1.81. The van der Waals surface area contributed by atoms with Gasteiger partial charge in [-0.1, -0.05) is 17.7 Å². The Kier molecular flexibility index (Phi) is 5.99. The summed E-state index contributed by atoms with van der Waals surface area (Å²) in [5.41, 5.74) is 0.776. The van der Waals surface area contributed by atoms with Gasteiger partial charge >= 0.3 is 6.03 Å². The summed E-state index contributed by atoms with van der Waals surface area (Å²) < 4.78 is 18.2. The van der Waals surface area contributed by atoms with Crippen LogP contribution in [0.3, 0.4) is 0 Å². The topological polar surface area (TPSA) is 61.8 Å². The molecule has 0 bridgehead atoms. The van der Waals surface area contributed by atoms with Crippen molar-refractivity contribution in [1.82, 2.24) is 10.2 Å². The summed E-state index contributed by atoms with van der Waals surface area (Å²) in [6, 6.07) is 3.74. The van der Waals surface area contributed by atoms with Crippen LogP contribution in [0.5, 0.6) is 0 Å². The second-order valence-corrected chi connectivity index (χ2v) is 5.71. The molecule has 0 spiro atoms. The van der Waals surface area contributed by atoms with Crippen molar-refractivity contribution in [2.75, 3.05) is 26.8 Å². The molecule has 1 saturated heterocycles. The van der Waals surface area contributed by atoms with Crippen LogP contribution >= 0.6 is 11.6 Å². The van der Waals surface area contributed by atoms with E-state index in [0.717, 1.165) is 5.56 Å². The van der Waals surface area contributed by atoms with Crippen molar-refractivity contribution in [3.63, 3.8) is 0 Å². The van der Waals surface area contributed by atoms with E-state index in [9.17, 15) is 14.3 Å². The summed E-state index contributed by atoms with van der Waals surface area (Å²) in [6.45, 7) is 0.762. The zero-order valence-electron chi connectivity index (χ0n) is 12.4. The van der Waals surface area contributed by atoms with Crippen LogP contribution in [0.4, 0.5) is 9.18 Å². The summed E-state index contributed by atoms with van der Waals surface area (Å²) in [5.74, 6) is -0.383. The first kappa shape index (κ1) is 17.0. The number of hydrogen-bond acceptors (Lipinski definition) is 3. The van der Waals surface area contributed by atoms with E-state index >= 15 is 0 Å². The molecule has 0 aromatic heterocycles. The molecule has 0 saturated carbocycles. The average Bonchev–Trinajstić information content (AvgIpc) is 2.93. The van der Waals surface area contributed by atoms with Crippen LogP contribution < -0.4 is 5.32 Å². The third-order valence-corrected chi connectivity index (χ3v) is 4.22. The molecular formula is C15H20ClFN2O3. The molecule has 1 aromatic rings. The molecule has 1 fully saturated rings. The first-order valence-electron chi connectivity index (χ1n) is 7.17. The van der Waals surface area contributed by atoms with Gasteiger partial charge in [0.1, 0.15) is 5.82 Å². The maximum absolute atomic E-state index is 13.0. The number of hydrogen-bond donors (Lipinski definition) is 2. The van der Waals surface area contributed by atoms with Crippen LogP contribution in [0, 0.1) is 5.82 Å². The van der Waals surface area contributed by atoms with Gasteiger partial charge in [-0.05, 0) is 30.5 Å². The molecule has 1 aliphatic rings. The Morgan fingerprint density at radius 2 is 2.36 bits per heavy atom. The van der Waals surface area contributed by atoms with Gasteiger partial charge in [-0.25, -0.2) is 9.18 Å². The van der Waals surface area contributed by atoms with E-state index < -0.39 is 0 Å². The number of ether oxygens (including phenoxy) is 1. The molecule has 1 heterocycles. The molecule has 5 nitrogen and oxygen atoms in total. The van der Waals surface area contributed by atoms with E-state index in [-0.39, 0.29) is 30.6 Å². The standard InChI is InChI=1S/C15H20ClFN2O3/c1-22-13-7-12(9-20)19(8-13)15(21)18-5-4-10-2-3-11(17)6-14(10)16/h2-3,6,12-13,20H,4-5,7-9H2,1H3,(H,18,21)/t12-,13+/m0/s1. The largest absolute Gasteiger partial charge is 0.394 e. The number of carbonyl (C=O) groups excluding carboxylic acids is 1. The Balaban J connectivity index is 1.84. The van der Waals surface area contributed by atoms with Crippen molar-refractivity contribution in [3.8, 4) is 0 Å². The zero-order valence-corrected chi connectivity index (χ0v) is 13.1. The van der Waals surface area contributed by atoms with Crippen molar-refractivity contribution in [2.45, 2.75) is 25.0 Å². The van der Waals surface area contributed by atoms with Crippen LogP contribution in [0.1, 0.15) is 12.0 Å². The van der Waals surface area contributed by atoms with Crippen LogP contribution in [0.2, 0.25) is 5.02 Å². The van der Waals surface area contributed by atoms with Crippen molar-refractivity contribution in [3.05, 3.63) is 34.6 Å². The summed E-state index contributed by atoms with van der Waals surface area (Å²) in [6.07, 6.45) is 1.09. The smallest absolute Gasteiger partial charge is 0.317 e. The number of nitrogens with one attached hydrogen (secondary N) is 1. The quantitative estimate of drug-likeness (QED) is 0.865. The van der Waals surface area contributed by atoms with Crippen molar-refractivity contribution < 1.29 is 19.0 Å². The number of likely N-dealkylation sites (tertiary alicyclic amines) is 1. The molecule has 2 atom stereocenters. The van der Waals surface area contributed by atoms with Gasteiger partial charge in [0.25, 0.3) is 0 Å². The summed E-state index contributed by atoms with van der Waals surface area (Å²) in [4.78, 5) is 13.7. The van der Waals surface area contributed by atoms with Gasteiger partial charge in [-0.3, -0.25) is 0 Å². The number of halogens is 2. The lowest BCUT2D eigenvalue weighted by Crippen LogP contribution is -2.45. The van der Waals surface area contributed by atoms with Crippen molar-refractivity contribution in [2.24, 2.45) is 0 Å². The zero-order chi connectivity index (χ0) is 16.1. The highest BCUT2D eigenvalue weighted by Gasteiger charge is 2.34. The molecule has 0 aliphatic carbocycles. The first-order valence-corrected chi connectivity index (χ1v) is 7.55. The number of aliphatic hydroxyl groups excluding tert-OH is 1. The fraction of sp³-hybridized carbons (Fsp3) is 0.533. The van der Waals surface area contributed by atoms with Gasteiger partial charge in [0.05, 0.1) is 18.8 Å². The number of aliphatic hydroxyl groups is 1. The minimum atomic E-state index is -0.383. The fourth-order valence-electron chi connectivity index (χ4n) is 2.60. The molecule has 2 rings (SSSR count). The Hall–Kier alpha value is -1.37. The molecule has 0 radical (unpaired) electrons. The van der Waals surface area contributed by atoms with Crippen LogP contribution in [0.15, 0.2) is 18.2 Å². The van der Waals surface area contributed by atoms with Gasteiger partial charge in [0, 0.05) is 25.2 Å². The van der Waals surface area contributed by atoms with Crippen LogP contribution in [0.25, 0.3) is 0 Å². The second-order valence-electron chi connectivity index (χ2n) is 5.30. The number of carbonyl (C=O) groups is 1. The monoisotopic (exact) mass is 330 g/mol. The molecule has 2 N–H and O–H groups in total. The Labute approximate surface area is 134 Å². The Morgan fingerprint density at radius 1 is 1.59 bits per heavy atom. The van der Waals surface area contributed by atoms with Gasteiger partial charge in [0.15, 0.2) is 0 Å². The third-order valence-electron chi connectivity index (χ3n) is 3.87. The number of nitrogens with zero attached hydrogens (tertiary/aromatic N) is 1. The van der Waals surface area contributed by atoms with Gasteiger partial charge in [-0.15, -0.1) is 0 Å². The van der Waals surface area contributed by atoms with Crippen LogP contribution in [-0.4, -0.2) is 55.0 Å². The SMILES string of the molecule is CO[C@@H]1C[C@@H](CO)N(C(=O)NCCc2ccc(F)cc2Cl)C1. The molecule has 122 valence electrons. The lowest BCUT2D eigenvalue weighted by molar-refractivity contribution is 0.110. The third kappa shape index (κ3) is 4.09. The molecule has 1 aromatic carbocycles. The highest BCUT2D eigenvalue weighted by molar-refractivity contribution is 6.31. The molecular weight excluding hydrogens is 311 g/mol. The molecule has 0 unspecified atom stereocenters. The van der Waals surface area contributed by atoms with Gasteiger partial charge in [-0.2, -0.15) is 0 Å². The molecule has 22 heavy (non-hydrogen) atoms. The lowest BCUT2D eigenvalue weighted by Gasteiger charge is -2.23. The fourth-order valence-corrected chi connectivity index (χ4v) is 2.86. The number of amides is 2. The maximum Gasteiger partial charge on any atom is 0.317 e. The van der Waals surface area contributed by atoms with Gasteiger partial charge < -0.3 is 20.1 Å². The number of urea groups is 1. The Bertz CT molecular complexity index is 530. The van der Waals surface area contributed by atoms with E-state index in [0.29, 0.717) is 31.0 Å². The molecule has 2 amide bonds. The average molecular weight is 331 g/mol. The summed E-state index contributed by atoms with van der Waals surface area (Å²) >= 11 is 5.94. The van der Waals surface area contributed by atoms with Crippen LogP contribution in [-0.2, 0) is 11.2 Å².